The van der Waals surface area contributed by atoms with Gasteiger partial charge in [-0.2, -0.15) is 0 Å². The van der Waals surface area contributed by atoms with Crippen LogP contribution >= 0.6 is 31.9 Å². The van der Waals surface area contributed by atoms with Gasteiger partial charge in [-0.3, -0.25) is 9.59 Å². The predicted octanol–water partition coefficient (Wildman–Crippen LogP) is 6.78. The Labute approximate surface area is 368 Å². The number of carbonyl (C=O) groups is 2. The second-order valence-electron chi connectivity index (χ2n) is 13.8. The van der Waals surface area contributed by atoms with Gasteiger partial charge in [0, 0.05) is 60.7 Å². The van der Waals surface area contributed by atoms with Crippen LogP contribution in [0.25, 0.3) is 0 Å². The number of benzene rings is 4. The van der Waals surface area contributed by atoms with Gasteiger partial charge >= 0.3 is 29.6 Å². The Morgan fingerprint density at radius 2 is 1.09 bits per heavy atom. The number of allylic oxidation sites excluding steroid dienone is 1. The molecule has 2 amide bonds. The smallest absolute Gasteiger partial charge is 1.00 e. The molecule has 12 heteroatoms. The Morgan fingerprint density at radius 3 is 1.45 bits per heavy atom. The number of halogens is 2. The summed E-state index contributed by atoms with van der Waals surface area (Å²) in [6.07, 6.45) is 6.27. The van der Waals surface area contributed by atoms with Crippen LogP contribution in [0.1, 0.15) is 88.1 Å². The summed E-state index contributed by atoms with van der Waals surface area (Å²) in [6.45, 7) is 9.72. The monoisotopic (exact) mass is 883 g/mol. The number of amides is 2. The average molecular weight is 885 g/mol. The summed E-state index contributed by atoms with van der Waals surface area (Å²) < 4.78 is 2.10. The molecule has 0 spiro atoms. The maximum atomic E-state index is 13.0. The molecule has 4 aromatic rings. The van der Waals surface area contributed by atoms with Gasteiger partial charge in [-0.1, -0.05) is 128 Å². The van der Waals surface area contributed by atoms with Crippen molar-refractivity contribution in [3.63, 3.8) is 0 Å². The van der Waals surface area contributed by atoms with Crippen LogP contribution < -0.4 is 29.6 Å². The van der Waals surface area contributed by atoms with Gasteiger partial charge in [-0.15, -0.1) is 6.58 Å². The molecule has 0 bridgehead atoms. The van der Waals surface area contributed by atoms with E-state index in [1.54, 1.807) is 0 Å². The molecule has 0 aliphatic carbocycles. The number of carbonyl (C=O) groups excluding carboxylic acids is 2. The van der Waals surface area contributed by atoms with Crippen molar-refractivity contribution >= 4 is 52.1 Å². The van der Waals surface area contributed by atoms with E-state index in [-0.39, 0.29) is 80.7 Å². The molecule has 4 aromatic carbocycles. The van der Waals surface area contributed by atoms with Crippen molar-refractivity contribution in [3.05, 3.63) is 153 Å². The van der Waals surface area contributed by atoms with E-state index in [9.17, 15) is 14.7 Å². The molecule has 0 unspecified atom stereocenters. The minimum Gasteiger partial charge on any atom is -1.00 e. The Balaban J connectivity index is 0.000000498. The molecule has 8 nitrogen and oxygen atoms in total. The molecule has 0 aromatic heterocycles. The number of piperidine rings is 2. The molecule has 3 N–H and O–H groups in total. The van der Waals surface area contributed by atoms with Gasteiger partial charge in [0.05, 0.1) is 12.1 Å². The summed E-state index contributed by atoms with van der Waals surface area (Å²) in [5.74, 6) is 0.395. The Morgan fingerprint density at radius 1 is 0.727 bits per heavy atom. The second kappa shape index (κ2) is 23.6. The SMILES string of the molecule is C=CC[C@]1(c2ccccc2)CCN([C@@H](C)c2ccc(Br)cc2)C(=O)C1.C[C@@H](c1ccc(Br)cc1)N1CC[C@](CCO)(c2ccccc2)CC1=O.OOO.[B].[H-].[Na+]. The van der Waals surface area contributed by atoms with E-state index in [4.69, 9.17) is 10.5 Å². The maximum Gasteiger partial charge on any atom is 1.00 e. The fraction of sp³-hybridized carbons (Fsp3) is 0.349. The van der Waals surface area contributed by atoms with E-state index in [0.717, 1.165) is 45.9 Å². The second-order valence-corrected chi connectivity index (χ2v) is 15.7. The Kier molecular flexibility index (Phi) is 20.8. The summed E-state index contributed by atoms with van der Waals surface area (Å²) in [4.78, 5) is 30.0. The van der Waals surface area contributed by atoms with Gasteiger partial charge in [0.2, 0.25) is 11.8 Å². The minimum absolute atomic E-state index is 0. The van der Waals surface area contributed by atoms with Crippen LogP contribution in [0, 0.1) is 0 Å². The zero-order valence-corrected chi connectivity index (χ0v) is 37.2. The maximum absolute atomic E-state index is 13.0. The van der Waals surface area contributed by atoms with Crippen LogP contribution in [0.5, 0.6) is 0 Å². The first-order valence-corrected chi connectivity index (χ1v) is 19.5. The fourth-order valence-corrected chi connectivity index (χ4v) is 8.28. The van der Waals surface area contributed by atoms with Crippen molar-refractivity contribution in [3.8, 4) is 0 Å². The summed E-state index contributed by atoms with van der Waals surface area (Å²) in [5, 5.41) is 25.1. The number of aliphatic hydroxyl groups is 1. The molecule has 2 aliphatic rings. The first kappa shape index (κ1) is 48.6. The van der Waals surface area contributed by atoms with E-state index >= 15 is 0 Å². The molecule has 2 saturated heterocycles. The van der Waals surface area contributed by atoms with Crippen molar-refractivity contribution in [2.45, 2.75) is 75.3 Å². The van der Waals surface area contributed by atoms with Crippen LogP contribution in [0.3, 0.4) is 0 Å². The van der Waals surface area contributed by atoms with Gasteiger partial charge in [0.25, 0.3) is 0 Å². The third-order valence-electron chi connectivity index (χ3n) is 10.8. The average Bonchev–Trinajstić information content (AvgIpc) is 3.17. The largest absolute Gasteiger partial charge is 1.00 e. The molecule has 3 radical (unpaired) electrons. The molecule has 55 heavy (non-hydrogen) atoms. The van der Waals surface area contributed by atoms with E-state index in [1.165, 1.54) is 11.1 Å². The molecule has 2 heterocycles. The number of hydrogen-bond donors (Lipinski definition) is 3. The molecular weight excluding hydrogens is 834 g/mol. The summed E-state index contributed by atoms with van der Waals surface area (Å²) in [7, 11) is 0. The van der Waals surface area contributed by atoms with Crippen molar-refractivity contribution in [2.24, 2.45) is 0 Å². The number of likely N-dealkylation sites (tertiary alicyclic amines) is 2. The number of hydrogen-bond acceptors (Lipinski definition) is 6. The topological polar surface area (TPSA) is 111 Å². The molecular formula is C43H51BBr2N2NaO6. The molecule has 4 atom stereocenters. The van der Waals surface area contributed by atoms with Crippen LogP contribution in [-0.2, 0) is 25.5 Å². The van der Waals surface area contributed by atoms with Crippen LogP contribution in [-0.4, -0.2) is 65.3 Å². The fourth-order valence-electron chi connectivity index (χ4n) is 7.76. The Bertz CT molecular complexity index is 1760. The number of rotatable bonds is 10. The van der Waals surface area contributed by atoms with E-state index < -0.39 is 0 Å². The zero-order chi connectivity index (χ0) is 38.4. The normalized spacial score (nSPS) is 20.3. The van der Waals surface area contributed by atoms with Crippen molar-refractivity contribution in [1.29, 1.82) is 0 Å². The first-order chi connectivity index (χ1) is 25.5. The summed E-state index contributed by atoms with van der Waals surface area (Å²) in [6, 6.07) is 37.2. The van der Waals surface area contributed by atoms with Crippen LogP contribution in [0.4, 0.5) is 0 Å². The standard InChI is InChI=1S/C22H24BrNO.C21H24BrNO2.B.Na.H2O3.H/c1-3-13-22(19-7-5-4-6-8-19)14-15-24(21(25)16-22)17(2)18-9-11-20(23)12-10-18;1-16(17-7-9-19(22)10-8-17)23-13-11-21(12-14-24,15-20(23)25)18-5-3-2-4-6-18;;;1-3-2;/h3-12,17H,1,13-16H2,2H3;2-10,16,24H,11-15H2,1H3;;;1-2H;/q;;;+1;;-1/t17-,22-;16-,21+;;;;/m00..../s1. The van der Waals surface area contributed by atoms with E-state index in [1.807, 2.05) is 64.4 Å². The van der Waals surface area contributed by atoms with Crippen molar-refractivity contribution < 1.29 is 61.2 Å². The quantitative estimate of drug-likeness (QED) is 0.0702. The van der Waals surface area contributed by atoms with Crippen LogP contribution in [0.15, 0.2) is 131 Å². The van der Waals surface area contributed by atoms with Gasteiger partial charge in [0.15, 0.2) is 0 Å². The van der Waals surface area contributed by atoms with Gasteiger partial charge in [0.1, 0.15) is 0 Å². The number of nitrogens with zero attached hydrogens (tertiary/aromatic N) is 2. The predicted molar refractivity (Wildman–Crippen MR) is 223 cm³/mol. The zero-order valence-electron chi connectivity index (χ0n) is 33.0. The Hall–Kier alpha value is -2.58. The van der Waals surface area contributed by atoms with Gasteiger partial charge in [-0.05, 0) is 86.1 Å². The van der Waals surface area contributed by atoms with E-state index in [2.05, 4.69) is 118 Å². The molecule has 6 rings (SSSR count). The third-order valence-corrected chi connectivity index (χ3v) is 11.9. The molecule has 287 valence electrons. The minimum atomic E-state index is -0.247. The molecule has 2 fully saturated rings. The van der Waals surface area contributed by atoms with E-state index in [0.29, 0.717) is 25.8 Å². The van der Waals surface area contributed by atoms with Crippen LogP contribution in [0.2, 0.25) is 0 Å². The summed E-state index contributed by atoms with van der Waals surface area (Å²) >= 11 is 6.93. The molecule has 2 aliphatic heterocycles. The number of aliphatic hydroxyl groups excluding tert-OH is 1. The van der Waals surface area contributed by atoms with Gasteiger partial charge in [-0.25, -0.2) is 10.5 Å². The first-order valence-electron chi connectivity index (χ1n) is 17.9. The van der Waals surface area contributed by atoms with Crippen molar-refractivity contribution in [1.82, 2.24) is 9.80 Å². The van der Waals surface area contributed by atoms with Crippen molar-refractivity contribution in [2.75, 3.05) is 19.7 Å². The molecule has 0 saturated carbocycles. The third kappa shape index (κ3) is 12.7. The van der Waals surface area contributed by atoms with Gasteiger partial charge < -0.3 is 16.3 Å². The summed E-state index contributed by atoms with van der Waals surface area (Å²) in [5.41, 5.74) is 4.37.